The summed E-state index contributed by atoms with van der Waals surface area (Å²) >= 11 is 0. The molecule has 4 nitrogen and oxygen atoms in total. The predicted molar refractivity (Wildman–Crippen MR) is 52.4 cm³/mol. The molecule has 0 atom stereocenters. The van der Waals surface area contributed by atoms with Crippen LogP contribution < -0.4 is 10.2 Å². The van der Waals surface area contributed by atoms with Crippen molar-refractivity contribution in [1.82, 2.24) is 5.43 Å². The number of halogens is 2. The predicted octanol–water partition coefficient (Wildman–Crippen LogP) is 1.51. The van der Waals surface area contributed by atoms with Gasteiger partial charge in [0.25, 0.3) is 0 Å². The Morgan fingerprint density at radius 3 is 2.75 bits per heavy atom. The highest BCUT2D eigenvalue weighted by atomic mass is 19.3. The minimum Gasteiger partial charge on any atom is -0.434 e. The first-order chi connectivity index (χ1) is 7.66. The molecule has 1 amide bonds. The lowest BCUT2D eigenvalue weighted by molar-refractivity contribution is -0.119. The van der Waals surface area contributed by atoms with E-state index < -0.39 is 6.61 Å². The van der Waals surface area contributed by atoms with Gasteiger partial charge < -0.3 is 4.74 Å². The molecule has 0 radical (unpaired) electrons. The summed E-state index contributed by atoms with van der Waals surface area (Å²) in [5.74, 6) is -0.241. The van der Waals surface area contributed by atoms with Crippen molar-refractivity contribution in [3.63, 3.8) is 0 Å². The van der Waals surface area contributed by atoms with Crippen molar-refractivity contribution in [2.24, 2.45) is 5.10 Å². The highest BCUT2D eigenvalue weighted by Crippen LogP contribution is 2.23. The molecule has 6 heteroatoms. The second-order valence-corrected chi connectivity index (χ2v) is 3.14. The molecule has 2 rings (SSSR count). The number of nitrogens with zero attached hydrogens (tertiary/aromatic N) is 1. The van der Waals surface area contributed by atoms with Gasteiger partial charge in [-0.2, -0.15) is 13.9 Å². The Labute approximate surface area is 89.9 Å². The smallest absolute Gasteiger partial charge is 0.387 e. The summed E-state index contributed by atoms with van der Waals surface area (Å²) in [7, 11) is 0. The number of carbonyl (C=O) groups excluding carboxylic acids is 1. The lowest BCUT2D eigenvalue weighted by Gasteiger charge is -2.09. The van der Waals surface area contributed by atoms with Gasteiger partial charge >= 0.3 is 6.61 Å². The Morgan fingerprint density at radius 2 is 2.12 bits per heavy atom. The highest BCUT2D eigenvalue weighted by molar-refractivity contribution is 6.14. The highest BCUT2D eigenvalue weighted by Gasteiger charge is 2.20. The number of rotatable bonds is 3. The van der Waals surface area contributed by atoms with Crippen molar-refractivity contribution < 1.29 is 18.3 Å². The summed E-state index contributed by atoms with van der Waals surface area (Å²) in [5, 5.41) is 3.75. The van der Waals surface area contributed by atoms with E-state index in [2.05, 4.69) is 15.3 Å². The Morgan fingerprint density at radius 1 is 1.38 bits per heavy atom. The van der Waals surface area contributed by atoms with Crippen LogP contribution in [0.1, 0.15) is 12.0 Å². The zero-order chi connectivity index (χ0) is 11.5. The van der Waals surface area contributed by atoms with Gasteiger partial charge in [-0.05, 0) is 12.1 Å². The molecular weight excluding hydrogens is 218 g/mol. The number of hydrazone groups is 1. The second-order valence-electron chi connectivity index (χ2n) is 3.14. The number of para-hydroxylation sites is 1. The van der Waals surface area contributed by atoms with Gasteiger partial charge in [0.1, 0.15) is 5.75 Å². The van der Waals surface area contributed by atoms with E-state index in [9.17, 15) is 13.6 Å². The van der Waals surface area contributed by atoms with Gasteiger partial charge in [0, 0.05) is 5.56 Å². The molecule has 0 bridgehead atoms. The molecule has 1 aromatic rings. The SMILES string of the molecule is O=C1CC(c2ccccc2OC(F)F)=NN1. The number of hydrogen-bond donors (Lipinski definition) is 1. The van der Waals surface area contributed by atoms with Gasteiger partial charge in [-0.15, -0.1) is 0 Å². The lowest BCUT2D eigenvalue weighted by atomic mass is 10.1. The monoisotopic (exact) mass is 226 g/mol. The van der Waals surface area contributed by atoms with E-state index in [0.29, 0.717) is 11.3 Å². The molecule has 16 heavy (non-hydrogen) atoms. The number of hydrogen-bond acceptors (Lipinski definition) is 3. The molecule has 1 heterocycles. The van der Waals surface area contributed by atoms with Gasteiger partial charge in [0.05, 0.1) is 12.1 Å². The molecular formula is C10H8F2N2O2. The zero-order valence-corrected chi connectivity index (χ0v) is 8.11. The minimum absolute atomic E-state index is 0.0211. The Hall–Kier alpha value is -1.98. The Balaban J connectivity index is 2.29. The van der Waals surface area contributed by atoms with Crippen molar-refractivity contribution in [3.05, 3.63) is 29.8 Å². The summed E-state index contributed by atoms with van der Waals surface area (Å²) in [6, 6.07) is 6.23. The standard InChI is InChI=1S/C10H8F2N2O2/c11-10(12)16-8-4-2-1-3-6(8)7-5-9(15)14-13-7/h1-4,10H,5H2,(H,14,15). The van der Waals surface area contributed by atoms with Crippen molar-refractivity contribution in [3.8, 4) is 5.75 Å². The topological polar surface area (TPSA) is 50.7 Å². The number of benzene rings is 1. The van der Waals surface area contributed by atoms with E-state index in [1.54, 1.807) is 18.2 Å². The number of carbonyl (C=O) groups is 1. The van der Waals surface area contributed by atoms with Crippen molar-refractivity contribution >= 4 is 11.6 Å². The average Bonchev–Trinajstić information content (AvgIpc) is 2.65. The first kappa shape index (κ1) is 10.5. The third-order valence-electron chi connectivity index (χ3n) is 2.06. The van der Waals surface area contributed by atoms with Crippen LogP contribution in [0.25, 0.3) is 0 Å². The van der Waals surface area contributed by atoms with Crippen molar-refractivity contribution in [2.75, 3.05) is 0 Å². The fraction of sp³-hybridized carbons (Fsp3) is 0.200. The van der Waals surface area contributed by atoms with Crippen LogP contribution in [0, 0.1) is 0 Å². The molecule has 1 aliphatic heterocycles. The maximum absolute atomic E-state index is 12.1. The molecule has 0 fully saturated rings. The Kier molecular flexibility index (Phi) is 2.80. The van der Waals surface area contributed by atoms with Gasteiger partial charge in [0.2, 0.25) is 5.91 Å². The van der Waals surface area contributed by atoms with Gasteiger partial charge in [-0.1, -0.05) is 12.1 Å². The van der Waals surface area contributed by atoms with E-state index >= 15 is 0 Å². The van der Waals surface area contributed by atoms with Gasteiger partial charge in [-0.25, -0.2) is 5.43 Å². The third kappa shape index (κ3) is 2.16. The average molecular weight is 226 g/mol. The maximum Gasteiger partial charge on any atom is 0.387 e. The summed E-state index contributed by atoms with van der Waals surface area (Å²) in [6.45, 7) is -2.90. The fourth-order valence-corrected chi connectivity index (χ4v) is 1.42. The van der Waals surface area contributed by atoms with Crippen molar-refractivity contribution in [2.45, 2.75) is 13.0 Å². The molecule has 0 saturated heterocycles. The molecule has 0 unspecified atom stereocenters. The van der Waals surface area contributed by atoms with E-state index in [1.165, 1.54) is 6.07 Å². The summed E-state index contributed by atoms with van der Waals surface area (Å²) in [4.78, 5) is 10.9. The molecule has 0 aromatic heterocycles. The summed E-state index contributed by atoms with van der Waals surface area (Å²) in [6.07, 6.45) is 0.0730. The molecule has 1 aliphatic rings. The van der Waals surface area contributed by atoms with Crippen LogP contribution in [-0.2, 0) is 4.79 Å². The van der Waals surface area contributed by atoms with E-state index in [4.69, 9.17) is 0 Å². The molecule has 0 aliphatic carbocycles. The van der Waals surface area contributed by atoms with Gasteiger partial charge in [0.15, 0.2) is 0 Å². The second kappa shape index (κ2) is 4.26. The fourth-order valence-electron chi connectivity index (χ4n) is 1.42. The normalized spacial score (nSPS) is 14.9. The van der Waals surface area contributed by atoms with Crippen LogP contribution in [0.15, 0.2) is 29.4 Å². The van der Waals surface area contributed by atoms with Crippen LogP contribution in [0.3, 0.4) is 0 Å². The number of alkyl halides is 2. The minimum atomic E-state index is -2.90. The van der Waals surface area contributed by atoms with Crippen LogP contribution in [0.4, 0.5) is 8.78 Å². The maximum atomic E-state index is 12.1. The zero-order valence-electron chi connectivity index (χ0n) is 8.11. The van der Waals surface area contributed by atoms with Crippen LogP contribution in [0.2, 0.25) is 0 Å². The van der Waals surface area contributed by atoms with E-state index in [0.717, 1.165) is 0 Å². The molecule has 0 spiro atoms. The number of nitrogens with one attached hydrogen (secondary N) is 1. The van der Waals surface area contributed by atoms with Crippen molar-refractivity contribution in [1.29, 1.82) is 0 Å². The number of ether oxygens (including phenoxy) is 1. The first-order valence-corrected chi connectivity index (χ1v) is 4.56. The molecule has 0 saturated carbocycles. The van der Waals surface area contributed by atoms with E-state index in [1.807, 2.05) is 0 Å². The molecule has 1 aromatic carbocycles. The summed E-state index contributed by atoms with van der Waals surface area (Å²) in [5.41, 5.74) is 3.06. The lowest BCUT2D eigenvalue weighted by Crippen LogP contribution is -2.10. The van der Waals surface area contributed by atoms with Gasteiger partial charge in [-0.3, -0.25) is 4.79 Å². The van der Waals surface area contributed by atoms with Crippen LogP contribution in [-0.4, -0.2) is 18.2 Å². The third-order valence-corrected chi connectivity index (χ3v) is 2.06. The van der Waals surface area contributed by atoms with Crippen LogP contribution >= 0.6 is 0 Å². The Bertz CT molecular complexity index is 446. The summed E-state index contributed by atoms with van der Waals surface area (Å²) < 4.78 is 28.6. The molecule has 1 N–H and O–H groups in total. The quantitative estimate of drug-likeness (QED) is 0.849. The number of amides is 1. The molecule has 84 valence electrons. The van der Waals surface area contributed by atoms with Crippen LogP contribution in [0.5, 0.6) is 5.75 Å². The largest absolute Gasteiger partial charge is 0.434 e. The van der Waals surface area contributed by atoms with E-state index in [-0.39, 0.29) is 18.1 Å². The first-order valence-electron chi connectivity index (χ1n) is 4.56.